The van der Waals surface area contributed by atoms with Gasteiger partial charge in [-0.25, -0.2) is 0 Å². The van der Waals surface area contributed by atoms with Crippen LogP contribution in [0.5, 0.6) is 23.0 Å². The van der Waals surface area contributed by atoms with Gasteiger partial charge in [0.05, 0.1) is 27.9 Å². The fraction of sp³-hybridized carbons (Fsp3) is 0.600. The van der Waals surface area contributed by atoms with Crippen LogP contribution in [0, 0.1) is 0 Å². The quantitative estimate of drug-likeness (QED) is 0.486. The van der Waals surface area contributed by atoms with E-state index in [0.717, 1.165) is 0 Å². The number of aliphatic hydroxyl groups excluding tert-OH is 4. The molecule has 1 aliphatic heterocycles. The van der Waals surface area contributed by atoms with Gasteiger partial charge in [0.2, 0.25) is 12.0 Å². The van der Waals surface area contributed by atoms with Crippen molar-refractivity contribution < 1.29 is 44.1 Å². The SMILES string of the molecule is COc1cc(O[C@H]2O[C@H]([C@H](O)CO)[C@H](O)[C@H]2O)cc(OC)c1OC. The number of methoxy groups -OCH3 is 3. The zero-order chi connectivity index (χ0) is 17.9. The van der Waals surface area contributed by atoms with Gasteiger partial charge >= 0.3 is 0 Å². The van der Waals surface area contributed by atoms with Crippen LogP contribution in [0.2, 0.25) is 0 Å². The van der Waals surface area contributed by atoms with E-state index in [4.69, 9.17) is 28.8 Å². The predicted molar refractivity (Wildman–Crippen MR) is 80.5 cm³/mol. The van der Waals surface area contributed by atoms with E-state index in [0.29, 0.717) is 17.2 Å². The second-order valence-electron chi connectivity index (χ2n) is 5.18. The topological polar surface area (TPSA) is 127 Å². The van der Waals surface area contributed by atoms with E-state index < -0.39 is 37.3 Å². The van der Waals surface area contributed by atoms with E-state index in [1.54, 1.807) is 0 Å². The molecule has 0 radical (unpaired) electrons. The van der Waals surface area contributed by atoms with Crippen LogP contribution in [0.25, 0.3) is 0 Å². The summed E-state index contributed by atoms with van der Waals surface area (Å²) >= 11 is 0. The smallest absolute Gasteiger partial charge is 0.229 e. The minimum absolute atomic E-state index is 0.236. The number of hydrogen-bond donors (Lipinski definition) is 4. The molecular formula is C15H22O9. The highest BCUT2D eigenvalue weighted by Crippen LogP contribution is 2.41. The first kappa shape index (κ1) is 18.6. The van der Waals surface area contributed by atoms with Crippen molar-refractivity contribution in [3.63, 3.8) is 0 Å². The zero-order valence-electron chi connectivity index (χ0n) is 13.6. The fourth-order valence-corrected chi connectivity index (χ4v) is 2.45. The summed E-state index contributed by atoms with van der Waals surface area (Å²) in [5.74, 6) is 1.28. The lowest BCUT2D eigenvalue weighted by Crippen LogP contribution is -2.40. The van der Waals surface area contributed by atoms with E-state index in [2.05, 4.69) is 0 Å². The summed E-state index contributed by atoms with van der Waals surface area (Å²) in [6, 6.07) is 3.00. The predicted octanol–water partition coefficient (Wildman–Crippen LogP) is -1.11. The van der Waals surface area contributed by atoms with Crippen LogP contribution in [0.3, 0.4) is 0 Å². The van der Waals surface area contributed by atoms with Crippen LogP contribution in [0.4, 0.5) is 0 Å². The molecule has 1 aromatic carbocycles. The molecular weight excluding hydrogens is 324 g/mol. The summed E-state index contributed by atoms with van der Waals surface area (Å²) in [5, 5.41) is 38.5. The molecule has 0 aromatic heterocycles. The van der Waals surface area contributed by atoms with Crippen LogP contribution in [-0.2, 0) is 4.74 Å². The van der Waals surface area contributed by atoms with Crippen LogP contribution < -0.4 is 18.9 Å². The third-order valence-corrected chi connectivity index (χ3v) is 3.71. The largest absolute Gasteiger partial charge is 0.493 e. The van der Waals surface area contributed by atoms with Crippen LogP contribution in [-0.4, -0.2) is 79.1 Å². The summed E-state index contributed by atoms with van der Waals surface area (Å²) in [7, 11) is 4.35. The van der Waals surface area contributed by atoms with Gasteiger partial charge in [-0.05, 0) is 0 Å². The molecule has 1 fully saturated rings. The second kappa shape index (κ2) is 7.86. The van der Waals surface area contributed by atoms with Gasteiger partial charge in [-0.2, -0.15) is 0 Å². The van der Waals surface area contributed by atoms with E-state index in [-0.39, 0.29) is 5.75 Å². The van der Waals surface area contributed by atoms with Gasteiger partial charge in [0.1, 0.15) is 30.2 Å². The Kier molecular flexibility index (Phi) is 6.08. The molecule has 9 nitrogen and oxygen atoms in total. The average Bonchev–Trinajstić information content (AvgIpc) is 2.88. The Hall–Kier alpha value is -1.78. The number of rotatable bonds is 7. The maximum Gasteiger partial charge on any atom is 0.229 e. The molecule has 1 saturated heterocycles. The molecule has 0 saturated carbocycles. The van der Waals surface area contributed by atoms with Crippen LogP contribution in [0.15, 0.2) is 12.1 Å². The molecule has 2 rings (SSSR count). The Balaban J connectivity index is 2.22. The third-order valence-electron chi connectivity index (χ3n) is 3.71. The summed E-state index contributed by atoms with van der Waals surface area (Å²) in [6.07, 6.45) is -6.57. The van der Waals surface area contributed by atoms with Gasteiger partial charge in [-0.3, -0.25) is 0 Å². The summed E-state index contributed by atoms with van der Waals surface area (Å²) in [5.41, 5.74) is 0. The lowest BCUT2D eigenvalue weighted by molar-refractivity contribution is -0.137. The minimum atomic E-state index is -1.41. The lowest BCUT2D eigenvalue weighted by atomic mass is 10.1. The Morgan fingerprint density at radius 1 is 1.04 bits per heavy atom. The second-order valence-corrected chi connectivity index (χ2v) is 5.18. The van der Waals surface area contributed by atoms with Crippen molar-refractivity contribution in [2.75, 3.05) is 27.9 Å². The Morgan fingerprint density at radius 3 is 2.08 bits per heavy atom. The van der Waals surface area contributed by atoms with Crippen molar-refractivity contribution >= 4 is 0 Å². The average molecular weight is 346 g/mol. The molecule has 0 unspecified atom stereocenters. The highest BCUT2D eigenvalue weighted by atomic mass is 16.7. The summed E-state index contributed by atoms with van der Waals surface area (Å²) < 4.78 is 26.4. The number of ether oxygens (including phenoxy) is 5. The molecule has 24 heavy (non-hydrogen) atoms. The molecule has 9 heteroatoms. The van der Waals surface area contributed by atoms with Gasteiger partial charge in [0, 0.05) is 12.1 Å². The van der Waals surface area contributed by atoms with Crippen LogP contribution >= 0.6 is 0 Å². The summed E-state index contributed by atoms with van der Waals surface area (Å²) in [4.78, 5) is 0. The van der Waals surface area contributed by atoms with E-state index in [1.165, 1.54) is 33.5 Å². The molecule has 0 aliphatic carbocycles. The van der Waals surface area contributed by atoms with E-state index in [9.17, 15) is 15.3 Å². The minimum Gasteiger partial charge on any atom is -0.493 e. The highest BCUT2D eigenvalue weighted by molar-refractivity contribution is 5.55. The number of benzene rings is 1. The van der Waals surface area contributed by atoms with Gasteiger partial charge in [0.15, 0.2) is 11.5 Å². The lowest BCUT2D eigenvalue weighted by Gasteiger charge is -2.20. The normalized spacial score (nSPS) is 27.6. The van der Waals surface area contributed by atoms with Crippen molar-refractivity contribution in [2.24, 2.45) is 0 Å². The zero-order valence-corrected chi connectivity index (χ0v) is 13.6. The molecule has 0 spiro atoms. The molecule has 0 amide bonds. The van der Waals surface area contributed by atoms with Crippen molar-refractivity contribution in [3.8, 4) is 23.0 Å². The first-order valence-electron chi connectivity index (χ1n) is 7.24. The molecule has 0 bridgehead atoms. The van der Waals surface area contributed by atoms with Crippen molar-refractivity contribution in [2.45, 2.75) is 30.7 Å². The van der Waals surface area contributed by atoms with E-state index in [1.807, 2.05) is 0 Å². The van der Waals surface area contributed by atoms with Gasteiger partial charge in [-0.15, -0.1) is 0 Å². The molecule has 1 aromatic rings. The third kappa shape index (κ3) is 3.50. The maximum absolute atomic E-state index is 10.0. The van der Waals surface area contributed by atoms with Crippen LogP contribution in [0.1, 0.15) is 0 Å². The molecule has 5 atom stereocenters. The van der Waals surface area contributed by atoms with Gasteiger partial charge in [-0.1, -0.05) is 0 Å². The number of hydrogen-bond acceptors (Lipinski definition) is 9. The highest BCUT2D eigenvalue weighted by Gasteiger charge is 2.47. The molecule has 1 aliphatic rings. The summed E-state index contributed by atoms with van der Waals surface area (Å²) in [6.45, 7) is -0.620. The molecule has 4 N–H and O–H groups in total. The van der Waals surface area contributed by atoms with Gasteiger partial charge < -0.3 is 44.1 Å². The number of aliphatic hydroxyl groups is 4. The first-order valence-corrected chi connectivity index (χ1v) is 7.24. The Labute approximate surface area is 138 Å². The van der Waals surface area contributed by atoms with E-state index >= 15 is 0 Å². The molecule has 136 valence electrons. The molecule has 1 heterocycles. The maximum atomic E-state index is 10.0. The first-order chi connectivity index (χ1) is 11.5. The Bertz CT molecular complexity index is 525. The van der Waals surface area contributed by atoms with Crippen molar-refractivity contribution in [1.29, 1.82) is 0 Å². The van der Waals surface area contributed by atoms with Gasteiger partial charge in [0.25, 0.3) is 0 Å². The monoisotopic (exact) mass is 346 g/mol. The Morgan fingerprint density at radius 2 is 1.62 bits per heavy atom. The standard InChI is InChI=1S/C15H22O9/c1-20-9-4-7(5-10(21-2)14(9)22-3)23-15-12(19)11(18)13(24-15)8(17)6-16/h4-5,8,11-13,15-19H,6H2,1-3H3/t8-,11-,12-,13-,15+/m1/s1. The van der Waals surface area contributed by atoms with Crippen molar-refractivity contribution in [1.82, 2.24) is 0 Å². The fourth-order valence-electron chi connectivity index (χ4n) is 2.45. The van der Waals surface area contributed by atoms with Crippen molar-refractivity contribution in [3.05, 3.63) is 12.1 Å².